The van der Waals surface area contributed by atoms with Crippen molar-refractivity contribution in [3.8, 4) is 0 Å². The average Bonchev–Trinajstić information content (AvgIpc) is 3.42. The SMILES string of the molecule is CCCCCCCCCCCCCC/C=C\CCCCCCCCCCCCCCCC(O)C(=O)NC(CO)C(O)C(O)CCC/C=C/CCCCCCCCCCCCCCCCCCCCCCCCCCCC. The molecule has 0 aromatic carbocycles. The molecule has 6 nitrogen and oxygen atoms in total. The van der Waals surface area contributed by atoms with Crippen molar-refractivity contribution in [2.24, 2.45) is 0 Å². The monoisotopic (exact) mass is 1070 g/mol. The quantitative estimate of drug-likeness (QED) is 0.0308. The van der Waals surface area contributed by atoms with Crippen LogP contribution in [0.2, 0.25) is 0 Å². The molecule has 0 saturated heterocycles. The number of aliphatic hydroxyl groups excluding tert-OH is 4. The van der Waals surface area contributed by atoms with Gasteiger partial charge in [0.1, 0.15) is 12.2 Å². The van der Waals surface area contributed by atoms with Crippen LogP contribution >= 0.6 is 0 Å². The highest BCUT2D eigenvalue weighted by atomic mass is 16.3. The van der Waals surface area contributed by atoms with E-state index in [4.69, 9.17) is 0 Å². The summed E-state index contributed by atoms with van der Waals surface area (Å²) in [5, 5.41) is 44.2. The second-order valence-corrected chi connectivity index (χ2v) is 24.2. The third-order valence-electron chi connectivity index (χ3n) is 16.6. The van der Waals surface area contributed by atoms with E-state index in [1.165, 1.54) is 321 Å². The lowest BCUT2D eigenvalue weighted by Crippen LogP contribution is -2.53. The van der Waals surface area contributed by atoms with E-state index in [1.54, 1.807) is 0 Å². The van der Waals surface area contributed by atoms with Gasteiger partial charge < -0.3 is 25.7 Å². The van der Waals surface area contributed by atoms with Gasteiger partial charge in [0.2, 0.25) is 5.91 Å². The largest absolute Gasteiger partial charge is 0.394 e. The van der Waals surface area contributed by atoms with Gasteiger partial charge in [0.05, 0.1) is 18.8 Å². The van der Waals surface area contributed by atoms with Crippen LogP contribution in [0.15, 0.2) is 24.3 Å². The average molecular weight is 1070 g/mol. The lowest BCUT2D eigenvalue weighted by atomic mass is 10.00. The summed E-state index contributed by atoms with van der Waals surface area (Å²) in [5.74, 6) is -0.587. The van der Waals surface area contributed by atoms with E-state index < -0.39 is 36.9 Å². The maximum atomic E-state index is 12.7. The summed E-state index contributed by atoms with van der Waals surface area (Å²) in [6.45, 7) is 4.10. The molecule has 0 aliphatic carbocycles. The molecule has 1 amide bonds. The molecule has 0 spiro atoms. The van der Waals surface area contributed by atoms with Crippen molar-refractivity contribution in [1.82, 2.24) is 5.32 Å². The number of unbranched alkanes of at least 4 members (excludes halogenated alkanes) is 52. The Kier molecular flexibility index (Phi) is 63.6. The van der Waals surface area contributed by atoms with Crippen LogP contribution in [0.25, 0.3) is 0 Å². The van der Waals surface area contributed by atoms with E-state index in [0.29, 0.717) is 12.8 Å². The van der Waals surface area contributed by atoms with E-state index >= 15 is 0 Å². The predicted octanol–water partition coefficient (Wildman–Crippen LogP) is 21.3. The summed E-state index contributed by atoms with van der Waals surface area (Å²) in [6.07, 6.45) is 81.6. The number of hydrogen-bond donors (Lipinski definition) is 5. The van der Waals surface area contributed by atoms with Crippen LogP contribution in [0.1, 0.15) is 386 Å². The summed E-state index contributed by atoms with van der Waals surface area (Å²) in [5.41, 5.74) is 0. The van der Waals surface area contributed by atoms with Gasteiger partial charge in [-0.05, 0) is 64.2 Å². The standard InChI is InChI=1S/C70H137NO5/c1-3-5-7-9-11-13-15-17-19-21-23-25-27-29-31-33-34-36-37-39-41-43-45-47-49-51-53-55-57-59-61-63-67(73)69(75)66(65-72)71-70(76)68(74)64-62-60-58-56-54-52-50-48-46-44-42-40-38-35-32-30-28-26-24-22-20-18-16-14-12-10-8-6-4-2/h30,32,55,57,66-69,72-75H,3-29,31,33-54,56,58-65H2,1-2H3,(H,71,76)/b32-30-,57-55+. The Morgan fingerprint density at radius 1 is 0.316 bits per heavy atom. The van der Waals surface area contributed by atoms with Crippen molar-refractivity contribution in [3.63, 3.8) is 0 Å². The van der Waals surface area contributed by atoms with Crippen molar-refractivity contribution in [3.05, 3.63) is 24.3 Å². The van der Waals surface area contributed by atoms with Crippen molar-refractivity contribution < 1.29 is 25.2 Å². The maximum Gasteiger partial charge on any atom is 0.249 e. The van der Waals surface area contributed by atoms with Crippen LogP contribution in [-0.2, 0) is 4.79 Å². The summed E-state index contributed by atoms with van der Waals surface area (Å²) in [7, 11) is 0. The second-order valence-electron chi connectivity index (χ2n) is 24.2. The summed E-state index contributed by atoms with van der Waals surface area (Å²) in [4.78, 5) is 12.7. The van der Waals surface area contributed by atoms with Crippen LogP contribution in [-0.4, -0.2) is 57.3 Å². The molecule has 76 heavy (non-hydrogen) atoms. The molecule has 5 N–H and O–H groups in total. The summed E-state index contributed by atoms with van der Waals surface area (Å²) in [6, 6.07) is -1.00. The molecule has 6 heteroatoms. The first-order valence-electron chi connectivity index (χ1n) is 34.7. The smallest absolute Gasteiger partial charge is 0.249 e. The molecule has 0 heterocycles. The number of aliphatic hydroxyl groups is 4. The van der Waals surface area contributed by atoms with Crippen molar-refractivity contribution in [1.29, 1.82) is 0 Å². The molecular weight excluding hydrogens is 935 g/mol. The topological polar surface area (TPSA) is 110 Å². The van der Waals surface area contributed by atoms with E-state index in [1.807, 2.05) is 0 Å². The molecule has 452 valence electrons. The van der Waals surface area contributed by atoms with Crippen LogP contribution in [0.3, 0.4) is 0 Å². The molecule has 4 atom stereocenters. The van der Waals surface area contributed by atoms with E-state index in [9.17, 15) is 25.2 Å². The molecule has 0 aliphatic heterocycles. The Balaban J connectivity index is 3.56. The van der Waals surface area contributed by atoms with Crippen LogP contribution < -0.4 is 5.32 Å². The molecule has 0 fully saturated rings. The Hall–Kier alpha value is -1.21. The summed E-state index contributed by atoms with van der Waals surface area (Å²) >= 11 is 0. The zero-order chi connectivity index (χ0) is 55.1. The Morgan fingerprint density at radius 3 is 0.789 bits per heavy atom. The minimum absolute atomic E-state index is 0.365. The van der Waals surface area contributed by atoms with Gasteiger partial charge in [-0.2, -0.15) is 0 Å². The lowest BCUT2D eigenvalue weighted by Gasteiger charge is -2.27. The number of amides is 1. The van der Waals surface area contributed by atoms with Crippen molar-refractivity contribution in [2.75, 3.05) is 6.61 Å². The number of allylic oxidation sites excluding steroid dienone is 4. The third-order valence-corrected chi connectivity index (χ3v) is 16.6. The molecule has 0 saturated carbocycles. The van der Waals surface area contributed by atoms with Crippen LogP contribution in [0.5, 0.6) is 0 Å². The van der Waals surface area contributed by atoms with Crippen LogP contribution in [0.4, 0.5) is 0 Å². The zero-order valence-electron chi connectivity index (χ0n) is 51.5. The van der Waals surface area contributed by atoms with Crippen molar-refractivity contribution >= 4 is 5.91 Å². The Bertz CT molecular complexity index is 1160. The molecule has 0 aromatic rings. The molecular formula is C70H137NO5. The first-order valence-corrected chi connectivity index (χ1v) is 34.7. The molecule has 0 aromatic heterocycles. The molecule has 4 unspecified atom stereocenters. The van der Waals surface area contributed by atoms with E-state index in [-0.39, 0.29) is 0 Å². The molecule has 0 aliphatic rings. The van der Waals surface area contributed by atoms with E-state index in [2.05, 4.69) is 43.5 Å². The van der Waals surface area contributed by atoms with Crippen molar-refractivity contribution in [2.45, 2.75) is 411 Å². The number of hydrogen-bond acceptors (Lipinski definition) is 5. The third kappa shape index (κ3) is 57.5. The van der Waals surface area contributed by atoms with Gasteiger partial charge in [-0.15, -0.1) is 0 Å². The fourth-order valence-electron chi connectivity index (χ4n) is 11.2. The minimum Gasteiger partial charge on any atom is -0.394 e. The second kappa shape index (κ2) is 64.6. The highest BCUT2D eigenvalue weighted by molar-refractivity contribution is 5.80. The Labute approximate surface area is 475 Å². The first-order chi connectivity index (χ1) is 37.5. The van der Waals surface area contributed by atoms with Crippen LogP contribution in [0, 0.1) is 0 Å². The number of carbonyl (C=O) groups excluding carboxylic acids is 1. The van der Waals surface area contributed by atoms with Gasteiger partial charge in [-0.25, -0.2) is 0 Å². The number of nitrogens with one attached hydrogen (secondary N) is 1. The highest BCUT2D eigenvalue weighted by Crippen LogP contribution is 2.19. The fraction of sp³-hybridized carbons (Fsp3) is 0.929. The molecule has 0 radical (unpaired) electrons. The maximum absolute atomic E-state index is 12.7. The van der Waals surface area contributed by atoms with Gasteiger partial charge >= 0.3 is 0 Å². The minimum atomic E-state index is -1.28. The first kappa shape index (κ1) is 74.8. The molecule has 0 rings (SSSR count). The highest BCUT2D eigenvalue weighted by Gasteiger charge is 2.28. The normalized spacial score (nSPS) is 13.6. The summed E-state index contributed by atoms with van der Waals surface area (Å²) < 4.78 is 0. The number of rotatable bonds is 65. The van der Waals surface area contributed by atoms with Gasteiger partial charge in [0.15, 0.2) is 0 Å². The van der Waals surface area contributed by atoms with Gasteiger partial charge in [0.25, 0.3) is 0 Å². The fourth-order valence-corrected chi connectivity index (χ4v) is 11.2. The van der Waals surface area contributed by atoms with Gasteiger partial charge in [-0.1, -0.05) is 346 Å². The van der Waals surface area contributed by atoms with Gasteiger partial charge in [-0.3, -0.25) is 4.79 Å². The van der Waals surface area contributed by atoms with E-state index in [0.717, 1.165) is 38.5 Å². The predicted molar refractivity (Wildman–Crippen MR) is 334 cm³/mol. The lowest BCUT2D eigenvalue weighted by molar-refractivity contribution is -0.132. The number of carbonyl (C=O) groups is 1. The Morgan fingerprint density at radius 2 is 0.539 bits per heavy atom. The van der Waals surface area contributed by atoms with Gasteiger partial charge in [0, 0.05) is 0 Å². The molecule has 0 bridgehead atoms. The zero-order valence-corrected chi connectivity index (χ0v) is 51.5.